The third-order valence-electron chi connectivity index (χ3n) is 3.35. The van der Waals surface area contributed by atoms with Crippen molar-refractivity contribution in [1.29, 1.82) is 0 Å². The van der Waals surface area contributed by atoms with Gasteiger partial charge >= 0.3 is 0 Å². The number of hydrogen-bond donors (Lipinski definition) is 0. The van der Waals surface area contributed by atoms with Crippen molar-refractivity contribution in [2.24, 2.45) is 0 Å². The van der Waals surface area contributed by atoms with Gasteiger partial charge < -0.3 is 0 Å². The Balaban J connectivity index is 2.00. The quantitative estimate of drug-likeness (QED) is 0.627. The Morgan fingerprint density at radius 3 is 1.43 bits per heavy atom. The lowest BCUT2D eigenvalue weighted by Crippen LogP contribution is -2.55. The van der Waals surface area contributed by atoms with Crippen LogP contribution in [0.1, 0.15) is 6.42 Å². The van der Waals surface area contributed by atoms with E-state index in [1.165, 1.54) is 58.3 Å². The van der Waals surface area contributed by atoms with Crippen LogP contribution in [0.25, 0.3) is 0 Å². The Labute approximate surface area is 135 Å². The molecule has 1 fully saturated rings. The Kier molecular flexibility index (Phi) is 3.87. The fraction of sp³-hybridized carbons (Fsp3) is 0.0625. The molecule has 0 spiro atoms. The first-order valence-corrected chi connectivity index (χ1v) is 7.09. The number of rotatable bonds is 2. The maximum Gasteiger partial charge on any atom is 0.242 e. The van der Waals surface area contributed by atoms with Crippen molar-refractivity contribution in [2.75, 3.05) is 9.80 Å². The van der Waals surface area contributed by atoms with Gasteiger partial charge in [-0.2, -0.15) is 0 Å². The second-order valence-corrected chi connectivity index (χ2v) is 5.24. The predicted molar refractivity (Wildman–Crippen MR) is 85.0 cm³/mol. The summed E-state index contributed by atoms with van der Waals surface area (Å²) in [5.41, 5.74) is 0.724. The van der Waals surface area contributed by atoms with Gasteiger partial charge in [-0.1, -0.05) is 0 Å². The molecular formula is C16H10F2N2O2S. The standard InChI is InChI=1S/C16H10F2N2O2S/c17-10-1-5-12(6-2-10)19-14(21)9-15(22)20(16(19)23)13-7-3-11(18)4-8-13/h1-8H,9H2. The van der Waals surface area contributed by atoms with Gasteiger partial charge in [0.25, 0.3) is 0 Å². The van der Waals surface area contributed by atoms with Gasteiger partial charge in [-0.15, -0.1) is 0 Å². The molecule has 1 aliphatic heterocycles. The molecule has 1 heterocycles. The smallest absolute Gasteiger partial charge is 0.242 e. The molecule has 0 N–H and O–H groups in total. The zero-order valence-electron chi connectivity index (χ0n) is 11.7. The van der Waals surface area contributed by atoms with E-state index >= 15 is 0 Å². The molecular weight excluding hydrogens is 322 g/mol. The number of benzene rings is 2. The third kappa shape index (κ3) is 2.83. The van der Waals surface area contributed by atoms with E-state index in [4.69, 9.17) is 12.2 Å². The molecule has 23 heavy (non-hydrogen) atoms. The van der Waals surface area contributed by atoms with Crippen molar-refractivity contribution < 1.29 is 18.4 Å². The molecule has 7 heteroatoms. The van der Waals surface area contributed by atoms with E-state index in [0.717, 1.165) is 0 Å². The first kappa shape index (κ1) is 15.2. The molecule has 4 nitrogen and oxygen atoms in total. The van der Waals surface area contributed by atoms with Crippen molar-refractivity contribution in [2.45, 2.75) is 6.42 Å². The molecule has 0 aliphatic carbocycles. The molecule has 2 aromatic rings. The molecule has 0 aromatic heterocycles. The lowest BCUT2D eigenvalue weighted by Gasteiger charge is -2.35. The summed E-state index contributed by atoms with van der Waals surface area (Å²) in [6.07, 6.45) is -0.380. The molecule has 0 atom stereocenters. The van der Waals surface area contributed by atoms with Crippen molar-refractivity contribution in [3.63, 3.8) is 0 Å². The summed E-state index contributed by atoms with van der Waals surface area (Å²) in [4.78, 5) is 26.7. The highest BCUT2D eigenvalue weighted by Gasteiger charge is 2.36. The monoisotopic (exact) mass is 332 g/mol. The average Bonchev–Trinajstić information content (AvgIpc) is 2.50. The van der Waals surface area contributed by atoms with Gasteiger partial charge in [0.15, 0.2) is 5.11 Å². The van der Waals surface area contributed by atoms with Gasteiger partial charge in [0.2, 0.25) is 11.8 Å². The highest BCUT2D eigenvalue weighted by atomic mass is 32.1. The zero-order chi connectivity index (χ0) is 16.6. The predicted octanol–water partition coefficient (Wildman–Crippen LogP) is 3.02. The lowest BCUT2D eigenvalue weighted by atomic mass is 10.2. The molecule has 2 amide bonds. The highest BCUT2D eigenvalue weighted by Crippen LogP contribution is 2.26. The van der Waals surface area contributed by atoms with E-state index < -0.39 is 23.4 Å². The Morgan fingerprint density at radius 1 is 0.739 bits per heavy atom. The fourth-order valence-corrected chi connectivity index (χ4v) is 2.70. The van der Waals surface area contributed by atoms with E-state index in [1.807, 2.05) is 0 Å². The van der Waals surface area contributed by atoms with Crippen molar-refractivity contribution in [3.8, 4) is 0 Å². The van der Waals surface area contributed by atoms with Crippen LogP contribution in [-0.2, 0) is 9.59 Å². The highest BCUT2D eigenvalue weighted by molar-refractivity contribution is 7.81. The summed E-state index contributed by atoms with van der Waals surface area (Å²) in [6, 6.07) is 10.4. The number of amides is 2. The van der Waals surface area contributed by atoms with Crippen LogP contribution in [0.3, 0.4) is 0 Å². The lowest BCUT2D eigenvalue weighted by molar-refractivity contribution is -0.126. The van der Waals surface area contributed by atoms with E-state index in [2.05, 4.69) is 0 Å². The molecule has 1 aliphatic rings. The third-order valence-corrected chi connectivity index (χ3v) is 3.72. The summed E-state index contributed by atoms with van der Waals surface area (Å²) < 4.78 is 26.1. The van der Waals surface area contributed by atoms with Crippen molar-refractivity contribution >= 4 is 40.5 Å². The van der Waals surface area contributed by atoms with E-state index in [0.29, 0.717) is 11.4 Å². The van der Waals surface area contributed by atoms with Crippen LogP contribution >= 0.6 is 12.2 Å². The van der Waals surface area contributed by atoms with E-state index in [-0.39, 0.29) is 11.5 Å². The SMILES string of the molecule is O=C1CC(=O)N(c2ccc(F)cc2)C(=S)N1c1ccc(F)cc1. The normalized spacial score (nSPS) is 15.3. The number of halogens is 2. The Bertz CT molecular complexity index is 725. The minimum atomic E-state index is -0.495. The molecule has 116 valence electrons. The van der Waals surface area contributed by atoms with Gasteiger partial charge in [-0.05, 0) is 60.7 Å². The topological polar surface area (TPSA) is 40.6 Å². The number of thiocarbonyl (C=S) groups is 1. The molecule has 0 saturated carbocycles. The molecule has 2 aromatic carbocycles. The zero-order valence-corrected chi connectivity index (χ0v) is 12.5. The first-order chi connectivity index (χ1) is 11.0. The van der Waals surface area contributed by atoms with Gasteiger partial charge in [0.1, 0.15) is 18.1 Å². The second kappa shape index (κ2) is 5.85. The number of anilines is 2. The minimum absolute atomic E-state index is 0.0514. The number of hydrogen-bond acceptors (Lipinski definition) is 3. The van der Waals surface area contributed by atoms with Gasteiger partial charge in [0, 0.05) is 0 Å². The van der Waals surface area contributed by atoms with Crippen molar-refractivity contribution in [1.82, 2.24) is 0 Å². The van der Waals surface area contributed by atoms with Crippen LogP contribution in [0.5, 0.6) is 0 Å². The van der Waals surface area contributed by atoms with E-state index in [1.54, 1.807) is 0 Å². The molecule has 0 radical (unpaired) electrons. The summed E-state index contributed by atoms with van der Waals surface area (Å²) in [5.74, 6) is -1.89. The second-order valence-electron chi connectivity index (χ2n) is 4.87. The maximum absolute atomic E-state index is 13.1. The maximum atomic E-state index is 13.1. The van der Waals surface area contributed by atoms with Gasteiger partial charge in [-0.25, -0.2) is 8.78 Å². The van der Waals surface area contributed by atoms with Crippen molar-refractivity contribution in [3.05, 3.63) is 60.2 Å². The van der Waals surface area contributed by atoms with Crippen LogP contribution in [0.4, 0.5) is 20.2 Å². The number of carbonyl (C=O) groups excluding carboxylic acids is 2. The van der Waals surface area contributed by atoms with Crippen LogP contribution in [0.15, 0.2) is 48.5 Å². The van der Waals surface area contributed by atoms with Gasteiger partial charge in [0.05, 0.1) is 11.4 Å². The molecule has 1 saturated heterocycles. The Hall–Kier alpha value is -2.67. The number of carbonyl (C=O) groups is 2. The minimum Gasteiger partial charge on any atom is -0.273 e. The molecule has 0 unspecified atom stereocenters. The largest absolute Gasteiger partial charge is 0.273 e. The average molecular weight is 332 g/mol. The van der Waals surface area contributed by atoms with Gasteiger partial charge in [-0.3, -0.25) is 19.4 Å². The molecule has 3 rings (SSSR count). The summed E-state index contributed by atoms with van der Waals surface area (Å²) in [5, 5.41) is -0.0514. The fourth-order valence-electron chi connectivity index (χ4n) is 2.29. The van der Waals surface area contributed by atoms with E-state index in [9.17, 15) is 18.4 Å². The summed E-state index contributed by atoms with van der Waals surface area (Å²) >= 11 is 5.26. The Morgan fingerprint density at radius 2 is 1.09 bits per heavy atom. The number of nitrogens with zero attached hydrogens (tertiary/aromatic N) is 2. The van der Waals surface area contributed by atoms with Crippen LogP contribution in [-0.4, -0.2) is 16.9 Å². The first-order valence-electron chi connectivity index (χ1n) is 6.68. The van der Waals surface area contributed by atoms with Crippen LogP contribution in [0.2, 0.25) is 0 Å². The van der Waals surface area contributed by atoms with Crippen LogP contribution < -0.4 is 9.80 Å². The van der Waals surface area contributed by atoms with Crippen LogP contribution in [0, 0.1) is 11.6 Å². The summed E-state index contributed by atoms with van der Waals surface area (Å²) in [7, 11) is 0. The summed E-state index contributed by atoms with van der Waals surface area (Å²) in [6.45, 7) is 0. The molecule has 0 bridgehead atoms.